The van der Waals surface area contributed by atoms with Crippen LogP contribution in [0.25, 0.3) is 0 Å². The summed E-state index contributed by atoms with van der Waals surface area (Å²) in [6, 6.07) is 5.51. The van der Waals surface area contributed by atoms with Crippen LogP contribution in [0.5, 0.6) is 0 Å². The molecule has 1 aliphatic heterocycles. The van der Waals surface area contributed by atoms with E-state index in [1.54, 1.807) is 6.20 Å². The molecule has 5 nitrogen and oxygen atoms in total. The number of hydrogen-bond acceptors (Lipinski definition) is 4. The van der Waals surface area contributed by atoms with Gasteiger partial charge < -0.3 is 5.73 Å². The van der Waals surface area contributed by atoms with Crippen molar-refractivity contribution in [3.63, 3.8) is 0 Å². The zero-order valence-corrected chi connectivity index (χ0v) is 11.1. The van der Waals surface area contributed by atoms with Crippen molar-refractivity contribution in [1.82, 2.24) is 9.29 Å². The van der Waals surface area contributed by atoms with Gasteiger partial charge >= 0.3 is 0 Å². The SMILES string of the molecule is N[C@@H]1CCCN(S(=O)(=O)CCc2ccccn2)C1. The van der Waals surface area contributed by atoms with Crippen molar-refractivity contribution in [2.24, 2.45) is 5.73 Å². The molecule has 18 heavy (non-hydrogen) atoms. The van der Waals surface area contributed by atoms with Crippen LogP contribution in [-0.4, -0.2) is 42.6 Å². The van der Waals surface area contributed by atoms with Gasteiger partial charge in [-0.1, -0.05) is 6.07 Å². The molecule has 0 saturated carbocycles. The first-order chi connectivity index (χ1) is 8.58. The molecule has 100 valence electrons. The molecule has 0 amide bonds. The highest BCUT2D eigenvalue weighted by molar-refractivity contribution is 7.89. The van der Waals surface area contributed by atoms with Crippen molar-refractivity contribution in [2.45, 2.75) is 25.3 Å². The van der Waals surface area contributed by atoms with Gasteiger partial charge in [0.15, 0.2) is 0 Å². The summed E-state index contributed by atoms with van der Waals surface area (Å²) in [7, 11) is -3.20. The van der Waals surface area contributed by atoms with Gasteiger partial charge in [-0.25, -0.2) is 12.7 Å². The lowest BCUT2D eigenvalue weighted by atomic mass is 10.1. The fourth-order valence-corrected chi connectivity index (χ4v) is 3.69. The van der Waals surface area contributed by atoms with Gasteiger partial charge in [0.05, 0.1) is 5.75 Å². The molecule has 0 radical (unpaired) electrons. The molecule has 1 atom stereocenters. The van der Waals surface area contributed by atoms with E-state index in [1.165, 1.54) is 4.31 Å². The maximum Gasteiger partial charge on any atom is 0.214 e. The lowest BCUT2D eigenvalue weighted by Gasteiger charge is -2.29. The monoisotopic (exact) mass is 269 g/mol. The van der Waals surface area contributed by atoms with E-state index in [4.69, 9.17) is 5.73 Å². The van der Waals surface area contributed by atoms with Gasteiger partial charge in [-0.05, 0) is 25.0 Å². The van der Waals surface area contributed by atoms with Crippen LogP contribution >= 0.6 is 0 Å². The largest absolute Gasteiger partial charge is 0.327 e. The molecule has 1 aromatic rings. The minimum atomic E-state index is -3.20. The Bertz CT molecular complexity index is 475. The van der Waals surface area contributed by atoms with Crippen LogP contribution < -0.4 is 5.73 Å². The highest BCUT2D eigenvalue weighted by Crippen LogP contribution is 2.13. The van der Waals surface area contributed by atoms with Gasteiger partial charge in [0.25, 0.3) is 0 Å². The zero-order chi connectivity index (χ0) is 13.0. The maximum absolute atomic E-state index is 12.1. The third-order valence-electron chi connectivity index (χ3n) is 3.16. The number of piperidine rings is 1. The smallest absolute Gasteiger partial charge is 0.214 e. The summed E-state index contributed by atoms with van der Waals surface area (Å²) in [5, 5.41) is 0. The number of pyridine rings is 1. The van der Waals surface area contributed by atoms with Crippen molar-refractivity contribution in [3.05, 3.63) is 30.1 Å². The van der Waals surface area contributed by atoms with E-state index in [0.29, 0.717) is 19.5 Å². The lowest BCUT2D eigenvalue weighted by Crippen LogP contribution is -2.46. The van der Waals surface area contributed by atoms with Gasteiger partial charge in [-0.15, -0.1) is 0 Å². The van der Waals surface area contributed by atoms with Crippen LogP contribution in [0.2, 0.25) is 0 Å². The first-order valence-corrected chi connectivity index (χ1v) is 7.82. The highest BCUT2D eigenvalue weighted by atomic mass is 32.2. The quantitative estimate of drug-likeness (QED) is 0.857. The standard InChI is InChI=1S/C12H19N3O2S/c13-11-4-3-8-15(10-11)18(16,17)9-6-12-5-1-2-7-14-12/h1-2,5,7,11H,3-4,6,8-10,13H2/t11-/m1/s1. The predicted molar refractivity (Wildman–Crippen MR) is 70.5 cm³/mol. The minimum Gasteiger partial charge on any atom is -0.327 e. The summed E-state index contributed by atoms with van der Waals surface area (Å²) < 4.78 is 25.8. The Hall–Kier alpha value is -0.980. The number of hydrogen-bond donors (Lipinski definition) is 1. The van der Waals surface area contributed by atoms with Crippen molar-refractivity contribution < 1.29 is 8.42 Å². The minimum absolute atomic E-state index is 0.0247. The first kappa shape index (κ1) is 13.5. The van der Waals surface area contributed by atoms with E-state index in [2.05, 4.69) is 4.98 Å². The molecule has 1 aromatic heterocycles. The van der Waals surface area contributed by atoms with Gasteiger partial charge in [0.1, 0.15) is 0 Å². The van der Waals surface area contributed by atoms with Gasteiger partial charge in [-0.2, -0.15) is 0 Å². The van der Waals surface area contributed by atoms with E-state index < -0.39 is 10.0 Å². The van der Waals surface area contributed by atoms with E-state index in [1.807, 2.05) is 18.2 Å². The first-order valence-electron chi connectivity index (χ1n) is 6.21. The Morgan fingerprint density at radius 3 is 2.94 bits per heavy atom. The van der Waals surface area contributed by atoms with Crippen LogP contribution in [0, 0.1) is 0 Å². The second kappa shape index (κ2) is 5.77. The van der Waals surface area contributed by atoms with E-state index >= 15 is 0 Å². The Morgan fingerprint density at radius 2 is 2.28 bits per heavy atom. The molecule has 2 N–H and O–H groups in total. The summed E-state index contributed by atoms with van der Waals surface area (Å²) >= 11 is 0. The van der Waals surface area contributed by atoms with Gasteiger partial charge in [-0.3, -0.25) is 4.98 Å². The van der Waals surface area contributed by atoms with Crippen LogP contribution in [-0.2, 0) is 16.4 Å². The van der Waals surface area contributed by atoms with Crippen LogP contribution in [0.3, 0.4) is 0 Å². The third kappa shape index (κ3) is 3.51. The van der Waals surface area contributed by atoms with Crippen molar-refractivity contribution in [2.75, 3.05) is 18.8 Å². The number of nitrogens with two attached hydrogens (primary N) is 1. The van der Waals surface area contributed by atoms with Gasteiger partial charge in [0.2, 0.25) is 10.0 Å². The summed E-state index contributed by atoms with van der Waals surface area (Å²) in [4.78, 5) is 4.13. The topological polar surface area (TPSA) is 76.3 Å². The number of sulfonamides is 1. The number of nitrogens with zero attached hydrogens (tertiary/aromatic N) is 2. The third-order valence-corrected chi connectivity index (χ3v) is 4.99. The summed E-state index contributed by atoms with van der Waals surface area (Å²) in [5.74, 6) is 0.108. The highest BCUT2D eigenvalue weighted by Gasteiger charge is 2.26. The second-order valence-electron chi connectivity index (χ2n) is 4.65. The summed E-state index contributed by atoms with van der Waals surface area (Å²) in [6.45, 7) is 1.04. The van der Waals surface area contributed by atoms with Crippen molar-refractivity contribution >= 4 is 10.0 Å². The van der Waals surface area contributed by atoms with E-state index in [9.17, 15) is 8.42 Å². The fourth-order valence-electron chi connectivity index (χ4n) is 2.14. The summed E-state index contributed by atoms with van der Waals surface area (Å²) in [5.41, 5.74) is 6.62. The summed E-state index contributed by atoms with van der Waals surface area (Å²) in [6.07, 6.45) is 3.89. The van der Waals surface area contributed by atoms with Crippen molar-refractivity contribution in [1.29, 1.82) is 0 Å². The lowest BCUT2D eigenvalue weighted by molar-refractivity contribution is 0.316. The maximum atomic E-state index is 12.1. The average Bonchev–Trinajstić information content (AvgIpc) is 2.38. The Balaban J connectivity index is 1.95. The van der Waals surface area contributed by atoms with E-state index in [-0.39, 0.29) is 11.8 Å². The number of aryl methyl sites for hydroxylation is 1. The molecule has 0 spiro atoms. The molecule has 1 fully saturated rings. The average molecular weight is 269 g/mol. The molecule has 2 heterocycles. The molecule has 0 unspecified atom stereocenters. The Kier molecular flexibility index (Phi) is 4.31. The normalized spacial score (nSPS) is 21.9. The molecule has 2 rings (SSSR count). The molecule has 6 heteroatoms. The van der Waals surface area contributed by atoms with Gasteiger partial charge in [0, 0.05) is 37.4 Å². The van der Waals surface area contributed by atoms with Crippen LogP contribution in [0.1, 0.15) is 18.5 Å². The Morgan fingerprint density at radius 1 is 1.44 bits per heavy atom. The predicted octanol–water partition coefficient (Wildman–Crippen LogP) is 0.377. The molecule has 1 aliphatic rings. The molecule has 1 saturated heterocycles. The van der Waals surface area contributed by atoms with Crippen molar-refractivity contribution in [3.8, 4) is 0 Å². The van der Waals surface area contributed by atoms with Crippen LogP contribution in [0.15, 0.2) is 24.4 Å². The zero-order valence-electron chi connectivity index (χ0n) is 10.3. The molecule has 0 bridgehead atoms. The molecular formula is C12H19N3O2S. The van der Waals surface area contributed by atoms with E-state index in [0.717, 1.165) is 18.5 Å². The number of aromatic nitrogens is 1. The number of rotatable bonds is 4. The van der Waals surface area contributed by atoms with Crippen LogP contribution in [0.4, 0.5) is 0 Å². The molecular weight excluding hydrogens is 250 g/mol. The fraction of sp³-hybridized carbons (Fsp3) is 0.583. The second-order valence-corrected chi connectivity index (χ2v) is 6.74. The molecule has 0 aromatic carbocycles. The molecule has 0 aliphatic carbocycles. The Labute approximate surface area is 108 Å².